The van der Waals surface area contributed by atoms with E-state index in [9.17, 15) is 13.2 Å². The Morgan fingerprint density at radius 1 is 1.05 bits per heavy atom. The molecule has 9 nitrogen and oxygen atoms in total. The van der Waals surface area contributed by atoms with Crippen molar-refractivity contribution in [1.82, 2.24) is 18.8 Å². The standard InChI is InChI=1S/C26H28BrCl2N5O4S/c1-26(16-18-3-5-19(27)6-4-18)24(35)33(22-14-20(28)13-21(29)15-22)25-30-17-23(34(25)26)39(36,37)32-9-7-31(8-10-32)11-12-38-2/h3-6,13-15,17H,7-12,16H2,1-2H3. The molecule has 0 radical (unpaired) electrons. The summed E-state index contributed by atoms with van der Waals surface area (Å²) < 4.78 is 37.1. The number of imidazole rings is 1. The van der Waals surface area contributed by atoms with Crippen LogP contribution in [-0.2, 0) is 31.5 Å². The van der Waals surface area contributed by atoms with E-state index in [1.807, 2.05) is 24.3 Å². The average molecular weight is 657 g/mol. The average Bonchev–Trinajstić information content (AvgIpc) is 3.42. The molecule has 1 unspecified atom stereocenters. The highest BCUT2D eigenvalue weighted by atomic mass is 79.9. The molecule has 0 bridgehead atoms. The maximum atomic E-state index is 14.2. The maximum Gasteiger partial charge on any atom is 0.260 e. The van der Waals surface area contributed by atoms with E-state index in [0.717, 1.165) is 16.6 Å². The minimum absolute atomic E-state index is 0.0218. The fraction of sp³-hybridized carbons (Fsp3) is 0.385. The molecule has 5 rings (SSSR count). The molecule has 0 saturated carbocycles. The van der Waals surface area contributed by atoms with Gasteiger partial charge in [0.15, 0.2) is 5.03 Å². The number of rotatable bonds is 8. The molecule has 208 valence electrons. The van der Waals surface area contributed by atoms with Crippen LogP contribution in [-0.4, -0.2) is 79.5 Å². The van der Waals surface area contributed by atoms with Crippen LogP contribution >= 0.6 is 39.1 Å². The lowest BCUT2D eigenvalue weighted by molar-refractivity contribution is -0.124. The van der Waals surface area contributed by atoms with Crippen LogP contribution in [0.15, 0.2) is 58.2 Å². The number of aromatic nitrogens is 2. The lowest BCUT2D eigenvalue weighted by atomic mass is 9.92. The van der Waals surface area contributed by atoms with Gasteiger partial charge in [-0.1, -0.05) is 51.3 Å². The fourth-order valence-corrected chi connectivity index (χ4v) is 7.55. The van der Waals surface area contributed by atoms with E-state index in [0.29, 0.717) is 48.5 Å². The minimum atomic E-state index is -3.97. The summed E-state index contributed by atoms with van der Waals surface area (Å²) in [6.45, 7) is 4.91. The number of piperazine rings is 1. The van der Waals surface area contributed by atoms with Crippen LogP contribution in [0.2, 0.25) is 10.0 Å². The zero-order chi connectivity index (χ0) is 27.9. The molecule has 39 heavy (non-hydrogen) atoms. The number of fused-ring (bicyclic) bond motifs is 1. The Kier molecular flexibility index (Phi) is 8.13. The predicted molar refractivity (Wildman–Crippen MR) is 154 cm³/mol. The van der Waals surface area contributed by atoms with Crippen LogP contribution in [0.3, 0.4) is 0 Å². The number of halogens is 3. The van der Waals surface area contributed by atoms with Crippen molar-refractivity contribution < 1.29 is 17.9 Å². The summed E-state index contributed by atoms with van der Waals surface area (Å²) in [5.74, 6) is -0.122. The first-order valence-electron chi connectivity index (χ1n) is 12.4. The molecule has 0 spiro atoms. The van der Waals surface area contributed by atoms with Gasteiger partial charge in [0.1, 0.15) is 5.54 Å². The number of benzene rings is 2. The van der Waals surface area contributed by atoms with Crippen LogP contribution in [0, 0.1) is 0 Å². The first kappa shape index (κ1) is 28.5. The fourth-order valence-electron chi connectivity index (χ4n) is 5.16. The van der Waals surface area contributed by atoms with Crippen molar-refractivity contribution in [2.75, 3.05) is 51.3 Å². The second kappa shape index (κ2) is 11.1. The van der Waals surface area contributed by atoms with Gasteiger partial charge in [0, 0.05) is 60.8 Å². The molecule has 0 N–H and O–H groups in total. The van der Waals surface area contributed by atoms with Gasteiger partial charge in [-0.3, -0.25) is 14.3 Å². The molecular formula is C26H28BrCl2N5O4S. The number of sulfonamides is 1. The number of carbonyl (C=O) groups excluding carboxylic acids is 1. The minimum Gasteiger partial charge on any atom is -0.383 e. The van der Waals surface area contributed by atoms with Crippen molar-refractivity contribution in [3.8, 4) is 0 Å². The second-order valence-electron chi connectivity index (χ2n) is 9.82. The van der Waals surface area contributed by atoms with Gasteiger partial charge in [0.05, 0.1) is 18.5 Å². The third kappa shape index (κ3) is 5.38. The molecule has 1 atom stereocenters. The van der Waals surface area contributed by atoms with Crippen molar-refractivity contribution in [1.29, 1.82) is 0 Å². The summed E-state index contributed by atoms with van der Waals surface area (Å²) >= 11 is 16.0. The monoisotopic (exact) mass is 655 g/mol. The highest BCUT2D eigenvalue weighted by molar-refractivity contribution is 9.10. The largest absolute Gasteiger partial charge is 0.383 e. The first-order chi connectivity index (χ1) is 18.5. The van der Waals surface area contributed by atoms with E-state index >= 15 is 0 Å². The zero-order valence-corrected chi connectivity index (χ0v) is 25.4. The van der Waals surface area contributed by atoms with Crippen LogP contribution in [0.1, 0.15) is 12.5 Å². The number of amides is 1. The molecule has 2 aromatic carbocycles. The number of nitrogens with zero attached hydrogens (tertiary/aromatic N) is 5. The Bertz CT molecular complexity index is 1470. The Balaban J connectivity index is 1.57. The van der Waals surface area contributed by atoms with Gasteiger partial charge < -0.3 is 4.74 Å². The van der Waals surface area contributed by atoms with Crippen LogP contribution in [0.25, 0.3) is 0 Å². The second-order valence-corrected chi connectivity index (χ2v) is 13.5. The van der Waals surface area contributed by atoms with Crippen molar-refractivity contribution in [3.63, 3.8) is 0 Å². The quantitative estimate of drug-likeness (QED) is 0.354. The summed E-state index contributed by atoms with van der Waals surface area (Å²) in [5.41, 5.74) is 0.00584. The molecule has 1 saturated heterocycles. The Morgan fingerprint density at radius 2 is 1.69 bits per heavy atom. The molecule has 1 aromatic heterocycles. The Morgan fingerprint density at radius 3 is 2.31 bits per heavy atom. The van der Waals surface area contributed by atoms with Gasteiger partial charge in [-0.15, -0.1) is 0 Å². The summed E-state index contributed by atoms with van der Waals surface area (Å²) in [5, 5.41) is 0.680. The van der Waals surface area contributed by atoms with Crippen molar-refractivity contribution in [3.05, 3.63) is 68.7 Å². The molecule has 1 amide bonds. The molecule has 3 heterocycles. The molecule has 13 heteroatoms. The number of ether oxygens (including phenoxy) is 1. The normalized spacial score (nSPS) is 20.5. The summed E-state index contributed by atoms with van der Waals surface area (Å²) in [6.07, 6.45) is 1.59. The van der Waals surface area contributed by atoms with Gasteiger partial charge in [0.25, 0.3) is 15.9 Å². The van der Waals surface area contributed by atoms with Gasteiger partial charge in [-0.25, -0.2) is 18.3 Å². The van der Waals surface area contributed by atoms with Crippen LogP contribution in [0.5, 0.6) is 0 Å². The van der Waals surface area contributed by atoms with Gasteiger partial charge in [-0.05, 0) is 42.8 Å². The van der Waals surface area contributed by atoms with Crippen molar-refractivity contribution >= 4 is 66.7 Å². The Labute approximate surface area is 246 Å². The number of hydrogen-bond acceptors (Lipinski definition) is 6. The Hall–Kier alpha value is -1.99. The number of methoxy groups -OCH3 is 1. The lowest BCUT2D eigenvalue weighted by Crippen LogP contribution is -2.50. The summed E-state index contributed by atoms with van der Waals surface area (Å²) in [4.78, 5) is 22.2. The van der Waals surface area contributed by atoms with E-state index in [4.69, 9.17) is 27.9 Å². The van der Waals surface area contributed by atoms with Crippen molar-refractivity contribution in [2.24, 2.45) is 0 Å². The number of hydrogen-bond donors (Lipinski definition) is 0. The number of anilines is 2. The van der Waals surface area contributed by atoms with Crippen LogP contribution in [0.4, 0.5) is 11.6 Å². The van der Waals surface area contributed by atoms with E-state index in [1.165, 1.54) is 15.4 Å². The zero-order valence-electron chi connectivity index (χ0n) is 21.5. The number of carbonyl (C=O) groups is 1. The van der Waals surface area contributed by atoms with Crippen LogP contribution < -0.4 is 4.90 Å². The highest BCUT2D eigenvalue weighted by Gasteiger charge is 2.52. The smallest absolute Gasteiger partial charge is 0.260 e. The highest BCUT2D eigenvalue weighted by Crippen LogP contribution is 2.45. The first-order valence-corrected chi connectivity index (χ1v) is 15.4. The molecule has 2 aliphatic heterocycles. The summed E-state index contributed by atoms with van der Waals surface area (Å²) in [6, 6.07) is 12.4. The topological polar surface area (TPSA) is 88.0 Å². The van der Waals surface area contributed by atoms with E-state index in [2.05, 4.69) is 25.8 Å². The molecule has 0 aliphatic carbocycles. The maximum absolute atomic E-state index is 14.2. The van der Waals surface area contributed by atoms with Gasteiger partial charge in [-0.2, -0.15) is 4.31 Å². The van der Waals surface area contributed by atoms with Gasteiger partial charge in [0.2, 0.25) is 5.95 Å². The predicted octanol–water partition coefficient (Wildman–Crippen LogP) is 4.54. The van der Waals surface area contributed by atoms with E-state index in [1.54, 1.807) is 36.8 Å². The van der Waals surface area contributed by atoms with E-state index in [-0.39, 0.29) is 23.3 Å². The molecule has 3 aromatic rings. The third-order valence-electron chi connectivity index (χ3n) is 7.18. The third-order valence-corrected chi connectivity index (χ3v) is 10.0. The lowest BCUT2D eigenvalue weighted by Gasteiger charge is -2.34. The molecule has 1 fully saturated rings. The SMILES string of the molecule is COCCN1CCN(S(=O)(=O)c2cnc3n2C(C)(Cc2ccc(Br)cc2)C(=O)N3c2cc(Cl)cc(Cl)c2)CC1. The molecular weight excluding hydrogens is 629 g/mol. The van der Waals surface area contributed by atoms with Crippen molar-refractivity contribution in [2.45, 2.75) is 23.9 Å². The molecule has 2 aliphatic rings. The van der Waals surface area contributed by atoms with Gasteiger partial charge >= 0.3 is 0 Å². The van der Waals surface area contributed by atoms with E-state index < -0.39 is 15.6 Å². The summed E-state index contributed by atoms with van der Waals surface area (Å²) in [7, 11) is -2.32.